The number of anilines is 1. The molecule has 0 spiro atoms. The summed E-state index contributed by atoms with van der Waals surface area (Å²) in [6, 6.07) is 8.07. The van der Waals surface area contributed by atoms with Crippen molar-refractivity contribution in [3.05, 3.63) is 30.5 Å². The van der Waals surface area contributed by atoms with Gasteiger partial charge in [-0.25, -0.2) is 9.97 Å². The molecule has 0 saturated heterocycles. The van der Waals surface area contributed by atoms with Crippen molar-refractivity contribution in [3.8, 4) is 10.0 Å². The molecule has 3 aromatic rings. The van der Waals surface area contributed by atoms with Crippen molar-refractivity contribution in [1.82, 2.24) is 9.97 Å². The van der Waals surface area contributed by atoms with Gasteiger partial charge in [-0.2, -0.15) is 0 Å². The summed E-state index contributed by atoms with van der Waals surface area (Å²) in [7, 11) is 0. The molecule has 0 atom stereocenters. The Hall–Kier alpha value is -1.46. The lowest BCUT2D eigenvalue weighted by molar-refractivity contribution is 1.38. The van der Waals surface area contributed by atoms with Crippen molar-refractivity contribution in [3.63, 3.8) is 0 Å². The first-order chi connectivity index (χ1) is 7.33. The molecule has 0 radical (unpaired) electrons. The van der Waals surface area contributed by atoms with E-state index in [2.05, 4.69) is 16.0 Å². The molecule has 0 aliphatic rings. The van der Waals surface area contributed by atoms with Crippen LogP contribution in [0.4, 0.5) is 5.00 Å². The zero-order valence-corrected chi connectivity index (χ0v) is 9.31. The minimum absolute atomic E-state index is 0.726. The Bertz CT molecular complexity index is 579. The van der Waals surface area contributed by atoms with Crippen molar-refractivity contribution in [2.24, 2.45) is 0 Å². The molecular weight excluding hydrogens is 226 g/mol. The summed E-state index contributed by atoms with van der Waals surface area (Å²) in [6.45, 7) is 0. The van der Waals surface area contributed by atoms with Crippen LogP contribution in [0.25, 0.3) is 20.2 Å². The molecule has 74 valence electrons. The third-order valence-electron chi connectivity index (χ3n) is 2.00. The fourth-order valence-corrected chi connectivity index (χ4v) is 3.02. The van der Waals surface area contributed by atoms with Crippen LogP contribution in [0.15, 0.2) is 30.5 Å². The first-order valence-corrected chi connectivity index (χ1v) is 6.03. The van der Waals surface area contributed by atoms with Gasteiger partial charge in [-0.05, 0) is 12.1 Å². The van der Waals surface area contributed by atoms with Crippen LogP contribution in [-0.2, 0) is 0 Å². The van der Waals surface area contributed by atoms with Crippen LogP contribution < -0.4 is 5.73 Å². The van der Waals surface area contributed by atoms with E-state index < -0.39 is 0 Å². The minimum atomic E-state index is 0.726. The van der Waals surface area contributed by atoms with Crippen LogP contribution >= 0.6 is 22.7 Å². The Balaban J connectivity index is 2.19. The largest absolute Gasteiger partial charge is 0.389 e. The summed E-state index contributed by atoms with van der Waals surface area (Å²) in [5.41, 5.74) is 6.66. The van der Waals surface area contributed by atoms with Crippen LogP contribution in [0.3, 0.4) is 0 Å². The van der Waals surface area contributed by atoms with E-state index >= 15 is 0 Å². The molecule has 2 heterocycles. The van der Waals surface area contributed by atoms with Crippen molar-refractivity contribution in [2.75, 3.05) is 5.73 Å². The molecule has 2 aromatic heterocycles. The number of fused-ring (bicyclic) bond motifs is 1. The quantitative estimate of drug-likeness (QED) is 0.703. The number of nitrogens with zero attached hydrogens (tertiary/aromatic N) is 2. The average Bonchev–Trinajstić information content (AvgIpc) is 2.82. The lowest BCUT2D eigenvalue weighted by Gasteiger charge is -1.83. The Morgan fingerprint density at radius 3 is 2.67 bits per heavy atom. The zero-order chi connectivity index (χ0) is 10.3. The summed E-state index contributed by atoms with van der Waals surface area (Å²) in [6.07, 6.45) is 1.67. The zero-order valence-electron chi connectivity index (χ0n) is 7.68. The van der Waals surface area contributed by atoms with Gasteiger partial charge in [0.15, 0.2) is 10.0 Å². The fraction of sp³-hybridized carbons (Fsp3) is 0. The van der Waals surface area contributed by atoms with E-state index in [4.69, 9.17) is 5.73 Å². The van der Waals surface area contributed by atoms with Crippen LogP contribution in [-0.4, -0.2) is 9.97 Å². The number of nitrogens with two attached hydrogens (primary N) is 1. The maximum absolute atomic E-state index is 5.64. The second-order valence-electron chi connectivity index (χ2n) is 3.05. The standard InChI is InChI=1S/C10H7N3S2/c11-8-5-12-9(15-8)10-13-6-3-1-2-4-7(6)14-10/h1-5H,11H2. The lowest BCUT2D eigenvalue weighted by atomic mass is 10.3. The molecule has 0 fully saturated rings. The van der Waals surface area contributed by atoms with E-state index in [1.807, 2.05) is 18.2 Å². The second-order valence-corrected chi connectivity index (χ2v) is 5.15. The number of rotatable bonds is 1. The number of thiazole rings is 2. The number of hydrogen-bond acceptors (Lipinski definition) is 5. The highest BCUT2D eigenvalue weighted by molar-refractivity contribution is 7.26. The number of nitrogen functional groups attached to an aromatic ring is 1. The predicted octanol–water partition coefficient (Wildman–Crippen LogP) is 3.00. The van der Waals surface area contributed by atoms with Crippen molar-refractivity contribution in [1.29, 1.82) is 0 Å². The lowest BCUT2D eigenvalue weighted by Crippen LogP contribution is -1.73. The Morgan fingerprint density at radius 2 is 1.93 bits per heavy atom. The minimum Gasteiger partial charge on any atom is -0.389 e. The van der Waals surface area contributed by atoms with Gasteiger partial charge in [-0.15, -0.1) is 11.3 Å². The summed E-state index contributed by atoms with van der Waals surface area (Å²) < 4.78 is 1.18. The highest BCUT2D eigenvalue weighted by Gasteiger charge is 2.08. The normalized spacial score (nSPS) is 10.9. The number of aromatic nitrogens is 2. The van der Waals surface area contributed by atoms with E-state index in [0.29, 0.717) is 0 Å². The smallest absolute Gasteiger partial charge is 0.154 e. The van der Waals surface area contributed by atoms with Gasteiger partial charge < -0.3 is 5.73 Å². The van der Waals surface area contributed by atoms with Gasteiger partial charge in [-0.1, -0.05) is 23.5 Å². The molecular formula is C10H7N3S2. The molecule has 0 aliphatic heterocycles. The number of hydrogen-bond donors (Lipinski definition) is 1. The first-order valence-electron chi connectivity index (χ1n) is 4.40. The van der Waals surface area contributed by atoms with E-state index in [0.717, 1.165) is 20.5 Å². The molecule has 15 heavy (non-hydrogen) atoms. The Labute approximate surface area is 94.2 Å². The third-order valence-corrected chi connectivity index (χ3v) is 4.01. The fourth-order valence-electron chi connectivity index (χ4n) is 1.35. The SMILES string of the molecule is Nc1cnc(-c2nc3ccccc3s2)s1. The summed E-state index contributed by atoms with van der Waals surface area (Å²) in [5.74, 6) is 0. The van der Waals surface area contributed by atoms with E-state index in [1.54, 1.807) is 17.5 Å². The van der Waals surface area contributed by atoms with Crippen LogP contribution in [0.1, 0.15) is 0 Å². The monoisotopic (exact) mass is 233 g/mol. The van der Waals surface area contributed by atoms with E-state index in [9.17, 15) is 0 Å². The molecule has 3 rings (SSSR count). The average molecular weight is 233 g/mol. The van der Waals surface area contributed by atoms with Gasteiger partial charge in [0, 0.05) is 0 Å². The van der Waals surface area contributed by atoms with Crippen LogP contribution in [0, 0.1) is 0 Å². The Kier molecular flexibility index (Phi) is 1.93. The summed E-state index contributed by atoms with van der Waals surface area (Å²) in [5, 5.41) is 2.57. The summed E-state index contributed by atoms with van der Waals surface area (Å²) in [4.78, 5) is 8.73. The highest BCUT2D eigenvalue weighted by atomic mass is 32.1. The topological polar surface area (TPSA) is 51.8 Å². The molecule has 0 saturated carbocycles. The molecule has 2 N–H and O–H groups in total. The van der Waals surface area contributed by atoms with E-state index in [1.165, 1.54) is 16.0 Å². The maximum atomic E-state index is 5.64. The van der Waals surface area contributed by atoms with E-state index in [-0.39, 0.29) is 0 Å². The molecule has 0 aliphatic carbocycles. The molecule has 3 nitrogen and oxygen atoms in total. The van der Waals surface area contributed by atoms with Gasteiger partial charge in [0.05, 0.1) is 16.4 Å². The number of benzene rings is 1. The third kappa shape index (κ3) is 1.49. The first kappa shape index (κ1) is 8.82. The van der Waals surface area contributed by atoms with Crippen molar-refractivity contribution in [2.45, 2.75) is 0 Å². The van der Waals surface area contributed by atoms with Gasteiger partial charge in [0.1, 0.15) is 5.00 Å². The second kappa shape index (κ2) is 3.29. The van der Waals surface area contributed by atoms with Crippen LogP contribution in [0.2, 0.25) is 0 Å². The maximum Gasteiger partial charge on any atom is 0.154 e. The van der Waals surface area contributed by atoms with Gasteiger partial charge in [0.25, 0.3) is 0 Å². The molecule has 0 amide bonds. The van der Waals surface area contributed by atoms with Gasteiger partial charge in [0.2, 0.25) is 0 Å². The molecule has 1 aromatic carbocycles. The molecule has 0 bridgehead atoms. The van der Waals surface area contributed by atoms with Crippen molar-refractivity contribution >= 4 is 37.9 Å². The Morgan fingerprint density at radius 1 is 1.07 bits per heavy atom. The van der Waals surface area contributed by atoms with Gasteiger partial charge in [-0.3, -0.25) is 0 Å². The predicted molar refractivity (Wildman–Crippen MR) is 65.1 cm³/mol. The number of para-hydroxylation sites is 1. The van der Waals surface area contributed by atoms with Crippen molar-refractivity contribution < 1.29 is 0 Å². The van der Waals surface area contributed by atoms with Crippen LogP contribution in [0.5, 0.6) is 0 Å². The van der Waals surface area contributed by atoms with Gasteiger partial charge >= 0.3 is 0 Å². The molecule has 5 heteroatoms. The summed E-state index contributed by atoms with van der Waals surface area (Å²) >= 11 is 3.12. The highest BCUT2D eigenvalue weighted by Crippen LogP contribution is 2.32. The molecule has 0 unspecified atom stereocenters.